The van der Waals surface area contributed by atoms with Crippen molar-refractivity contribution in [3.8, 4) is 0 Å². The second-order valence-electron chi connectivity index (χ2n) is 6.99. The average molecular weight is 337 g/mol. The van der Waals surface area contributed by atoms with E-state index in [2.05, 4.69) is 47.6 Å². The van der Waals surface area contributed by atoms with E-state index in [1.165, 1.54) is 38.0 Å². The van der Waals surface area contributed by atoms with E-state index in [1.807, 2.05) is 12.4 Å². The Kier molecular flexibility index (Phi) is 7.80. The zero-order valence-electron chi connectivity index (χ0n) is 15.2. The molecule has 1 aliphatic rings. The molecule has 2 heterocycles. The van der Waals surface area contributed by atoms with E-state index < -0.39 is 0 Å². The molecule has 5 heteroatoms. The molecule has 4 nitrogen and oxygen atoms in total. The van der Waals surface area contributed by atoms with Crippen molar-refractivity contribution in [3.63, 3.8) is 0 Å². The highest BCUT2D eigenvalue weighted by Gasteiger charge is 2.21. The molecule has 0 saturated carbocycles. The van der Waals surface area contributed by atoms with E-state index in [9.17, 15) is 0 Å². The second-order valence-corrected chi connectivity index (χ2v) is 8.05. The molecule has 0 amide bonds. The van der Waals surface area contributed by atoms with Crippen LogP contribution in [-0.4, -0.2) is 58.2 Å². The fourth-order valence-corrected chi connectivity index (χ4v) is 3.80. The van der Waals surface area contributed by atoms with Crippen LogP contribution >= 0.6 is 11.8 Å². The summed E-state index contributed by atoms with van der Waals surface area (Å²) in [7, 11) is 2.22. The highest BCUT2D eigenvalue weighted by Crippen LogP contribution is 2.20. The number of nitrogens with zero attached hydrogens (tertiary/aromatic N) is 4. The predicted octanol–water partition coefficient (Wildman–Crippen LogP) is 3.53. The van der Waals surface area contributed by atoms with E-state index >= 15 is 0 Å². The van der Waals surface area contributed by atoms with Crippen molar-refractivity contribution in [2.75, 3.05) is 32.4 Å². The third-order valence-electron chi connectivity index (χ3n) is 4.52. The van der Waals surface area contributed by atoms with Crippen molar-refractivity contribution >= 4 is 11.8 Å². The Morgan fingerprint density at radius 1 is 1.26 bits per heavy atom. The third kappa shape index (κ3) is 6.40. The molecule has 130 valence electrons. The van der Waals surface area contributed by atoms with Crippen molar-refractivity contribution in [2.45, 2.75) is 57.8 Å². The summed E-state index contributed by atoms with van der Waals surface area (Å²) in [6.45, 7) is 11.4. The van der Waals surface area contributed by atoms with Gasteiger partial charge < -0.3 is 9.80 Å². The molecule has 0 atom stereocenters. The number of hydrogen-bond donors (Lipinski definition) is 0. The van der Waals surface area contributed by atoms with Gasteiger partial charge in [-0.25, -0.2) is 9.97 Å². The number of piperidine rings is 1. The summed E-state index contributed by atoms with van der Waals surface area (Å²) < 4.78 is 0. The quantitative estimate of drug-likeness (QED) is 0.535. The molecule has 0 bridgehead atoms. The van der Waals surface area contributed by atoms with Gasteiger partial charge in [-0.3, -0.25) is 0 Å². The van der Waals surface area contributed by atoms with Crippen LogP contribution < -0.4 is 0 Å². The summed E-state index contributed by atoms with van der Waals surface area (Å²) in [6, 6.07) is 0.690. The Morgan fingerprint density at radius 3 is 2.48 bits per heavy atom. The molecule has 1 fully saturated rings. The molecule has 0 aliphatic carbocycles. The average Bonchev–Trinajstić information content (AvgIpc) is 2.54. The summed E-state index contributed by atoms with van der Waals surface area (Å²) in [6.07, 6.45) is 7.79. The third-order valence-corrected chi connectivity index (χ3v) is 5.60. The van der Waals surface area contributed by atoms with Gasteiger partial charge in [0.1, 0.15) is 0 Å². The molecule has 0 N–H and O–H groups in total. The Hall–Kier alpha value is -0.650. The van der Waals surface area contributed by atoms with E-state index in [0.29, 0.717) is 6.04 Å². The Labute approximate surface area is 146 Å². The molecule has 0 unspecified atom stereocenters. The van der Waals surface area contributed by atoms with Gasteiger partial charge in [0.2, 0.25) is 0 Å². The van der Waals surface area contributed by atoms with Gasteiger partial charge in [0.25, 0.3) is 0 Å². The van der Waals surface area contributed by atoms with Crippen molar-refractivity contribution in [1.29, 1.82) is 0 Å². The first-order chi connectivity index (χ1) is 11.1. The minimum absolute atomic E-state index is 0.690. The topological polar surface area (TPSA) is 32.3 Å². The van der Waals surface area contributed by atoms with E-state index in [0.717, 1.165) is 29.8 Å². The number of hydrogen-bond acceptors (Lipinski definition) is 5. The monoisotopic (exact) mass is 336 g/mol. The Morgan fingerprint density at radius 2 is 1.91 bits per heavy atom. The van der Waals surface area contributed by atoms with Gasteiger partial charge in [-0.05, 0) is 59.2 Å². The fraction of sp³-hybridized carbons (Fsp3) is 0.778. The van der Waals surface area contributed by atoms with Gasteiger partial charge in [0.05, 0.1) is 0 Å². The fourth-order valence-electron chi connectivity index (χ4n) is 3.16. The van der Waals surface area contributed by atoms with Crippen LogP contribution in [0.15, 0.2) is 17.6 Å². The number of aromatic nitrogens is 2. The van der Waals surface area contributed by atoms with Gasteiger partial charge in [0, 0.05) is 42.8 Å². The molecule has 0 aromatic carbocycles. The molecule has 23 heavy (non-hydrogen) atoms. The van der Waals surface area contributed by atoms with E-state index in [-0.39, 0.29) is 0 Å². The maximum absolute atomic E-state index is 4.46. The zero-order valence-corrected chi connectivity index (χ0v) is 16.0. The van der Waals surface area contributed by atoms with Crippen molar-refractivity contribution in [1.82, 2.24) is 19.8 Å². The van der Waals surface area contributed by atoms with Crippen LogP contribution in [0.25, 0.3) is 0 Å². The minimum atomic E-state index is 0.690. The first-order valence-electron chi connectivity index (χ1n) is 8.94. The molecule has 1 aromatic rings. The van der Waals surface area contributed by atoms with Crippen molar-refractivity contribution < 1.29 is 0 Å². The smallest absolute Gasteiger partial charge is 0.187 e. The molecule has 0 spiro atoms. The Balaban J connectivity index is 1.73. The lowest BCUT2D eigenvalue weighted by molar-refractivity contribution is 0.127. The highest BCUT2D eigenvalue weighted by atomic mass is 32.2. The lowest BCUT2D eigenvalue weighted by atomic mass is 9.95. The SMILES string of the molecule is CCCSc1ncc(CN(C)CC2CCN(C(C)C)CC2)cn1. The summed E-state index contributed by atoms with van der Waals surface area (Å²) in [4.78, 5) is 13.9. The minimum Gasteiger partial charge on any atom is -0.302 e. The first-order valence-corrected chi connectivity index (χ1v) is 9.93. The highest BCUT2D eigenvalue weighted by molar-refractivity contribution is 7.99. The summed E-state index contributed by atoms with van der Waals surface area (Å²) in [5.74, 6) is 1.92. The second kappa shape index (κ2) is 9.60. The molecule has 1 saturated heterocycles. The molecule has 2 rings (SSSR count). The number of thioether (sulfide) groups is 1. The molecular formula is C18H32N4S. The van der Waals surface area contributed by atoms with Crippen LogP contribution in [0.5, 0.6) is 0 Å². The number of likely N-dealkylation sites (tertiary alicyclic amines) is 1. The van der Waals surface area contributed by atoms with Crippen LogP contribution in [0.4, 0.5) is 0 Å². The molecule has 0 radical (unpaired) electrons. The maximum atomic E-state index is 4.46. The summed E-state index contributed by atoms with van der Waals surface area (Å²) in [5.41, 5.74) is 1.22. The van der Waals surface area contributed by atoms with Crippen LogP contribution in [0.1, 0.15) is 45.6 Å². The van der Waals surface area contributed by atoms with E-state index in [4.69, 9.17) is 0 Å². The van der Waals surface area contributed by atoms with Crippen molar-refractivity contribution in [3.05, 3.63) is 18.0 Å². The van der Waals surface area contributed by atoms with Gasteiger partial charge in [-0.1, -0.05) is 18.7 Å². The van der Waals surface area contributed by atoms with Crippen LogP contribution in [0.2, 0.25) is 0 Å². The van der Waals surface area contributed by atoms with E-state index in [1.54, 1.807) is 11.8 Å². The Bertz CT molecular complexity index is 441. The largest absolute Gasteiger partial charge is 0.302 e. The first kappa shape index (κ1) is 18.7. The van der Waals surface area contributed by atoms with Gasteiger partial charge in [-0.15, -0.1) is 0 Å². The summed E-state index contributed by atoms with van der Waals surface area (Å²) >= 11 is 1.74. The normalized spacial score (nSPS) is 17.3. The van der Waals surface area contributed by atoms with Crippen LogP contribution in [0.3, 0.4) is 0 Å². The van der Waals surface area contributed by atoms with Crippen LogP contribution in [-0.2, 0) is 6.54 Å². The summed E-state index contributed by atoms with van der Waals surface area (Å²) in [5, 5.41) is 0.902. The van der Waals surface area contributed by atoms with Gasteiger partial charge in [-0.2, -0.15) is 0 Å². The maximum Gasteiger partial charge on any atom is 0.187 e. The molecule has 1 aliphatic heterocycles. The standard InChI is InChI=1S/C18H32N4S/c1-5-10-23-18-19-11-17(12-20-18)14-21(4)13-16-6-8-22(9-7-16)15(2)3/h11-12,15-16H,5-10,13-14H2,1-4H3. The molecule has 1 aromatic heterocycles. The van der Waals surface area contributed by atoms with Crippen molar-refractivity contribution in [2.24, 2.45) is 5.92 Å². The van der Waals surface area contributed by atoms with Crippen LogP contribution in [0, 0.1) is 5.92 Å². The van der Waals surface area contributed by atoms with Gasteiger partial charge in [0.15, 0.2) is 5.16 Å². The molecular weight excluding hydrogens is 304 g/mol. The lowest BCUT2D eigenvalue weighted by Gasteiger charge is -2.36. The lowest BCUT2D eigenvalue weighted by Crippen LogP contribution is -2.41. The predicted molar refractivity (Wildman–Crippen MR) is 98.8 cm³/mol. The van der Waals surface area contributed by atoms with Gasteiger partial charge >= 0.3 is 0 Å². The number of rotatable bonds is 8. The zero-order chi connectivity index (χ0) is 16.7.